The molecule has 124 valence electrons. The smallest absolute Gasteiger partial charge is 0.271 e. The summed E-state index contributed by atoms with van der Waals surface area (Å²) in [6.07, 6.45) is 1.75. The van der Waals surface area contributed by atoms with Crippen molar-refractivity contribution in [1.82, 2.24) is 9.71 Å². The Morgan fingerprint density at radius 3 is 2.75 bits per heavy atom. The van der Waals surface area contributed by atoms with E-state index >= 15 is 0 Å². The normalized spacial score (nSPS) is 11.4. The Bertz CT molecular complexity index is 998. The number of amides is 1. The van der Waals surface area contributed by atoms with Gasteiger partial charge >= 0.3 is 0 Å². The van der Waals surface area contributed by atoms with E-state index in [2.05, 4.69) is 4.98 Å². The number of carbonyl (C=O) groups excluding carboxylic acids is 1. The van der Waals surface area contributed by atoms with Gasteiger partial charge in [0.05, 0.1) is 4.90 Å². The molecule has 24 heavy (non-hydrogen) atoms. The number of rotatable bonds is 5. The zero-order valence-corrected chi connectivity index (χ0v) is 13.9. The molecular formula is C16H13ClN2O4S. The van der Waals surface area contributed by atoms with Crippen LogP contribution in [0, 0.1) is 0 Å². The third-order valence-electron chi connectivity index (χ3n) is 3.27. The molecule has 0 aliphatic heterocycles. The van der Waals surface area contributed by atoms with Crippen molar-refractivity contribution in [3.63, 3.8) is 0 Å². The summed E-state index contributed by atoms with van der Waals surface area (Å²) in [5, 5.41) is 1.07. The predicted octanol–water partition coefficient (Wildman–Crippen LogP) is 2.71. The van der Waals surface area contributed by atoms with Crippen molar-refractivity contribution in [2.24, 2.45) is 0 Å². The van der Waals surface area contributed by atoms with E-state index in [0.29, 0.717) is 5.75 Å². The number of sulfonamides is 1. The summed E-state index contributed by atoms with van der Waals surface area (Å²) in [7, 11) is -3.99. The highest BCUT2D eigenvalue weighted by Crippen LogP contribution is 2.24. The van der Waals surface area contributed by atoms with Crippen LogP contribution in [0.5, 0.6) is 5.75 Å². The van der Waals surface area contributed by atoms with Gasteiger partial charge < -0.3 is 9.72 Å². The fraction of sp³-hybridized carbons (Fsp3) is 0.0625. The number of aromatic amines is 1. The molecule has 0 aliphatic rings. The Balaban J connectivity index is 1.68. The van der Waals surface area contributed by atoms with E-state index in [-0.39, 0.29) is 9.92 Å². The summed E-state index contributed by atoms with van der Waals surface area (Å²) in [6.45, 7) is -0.426. The first kappa shape index (κ1) is 16.4. The standard InChI is InChI=1S/C16H13ClN2O4S/c17-11-3-1-4-12(9-11)24(21,22)19-16(20)10-23-15-6-2-5-14-13(15)7-8-18-14/h1-9,18H,10H2,(H,19,20). The van der Waals surface area contributed by atoms with Crippen LogP contribution in [0.3, 0.4) is 0 Å². The number of carbonyl (C=O) groups is 1. The van der Waals surface area contributed by atoms with Crippen LogP contribution in [0.2, 0.25) is 5.02 Å². The average Bonchev–Trinajstić information content (AvgIpc) is 3.01. The second kappa shape index (κ2) is 6.54. The first-order chi connectivity index (χ1) is 11.5. The zero-order valence-electron chi connectivity index (χ0n) is 12.3. The molecule has 1 amide bonds. The van der Waals surface area contributed by atoms with Crippen LogP contribution < -0.4 is 9.46 Å². The quantitative estimate of drug-likeness (QED) is 0.728. The first-order valence-corrected chi connectivity index (χ1v) is 8.82. The molecule has 0 atom stereocenters. The van der Waals surface area contributed by atoms with Crippen LogP contribution in [0.1, 0.15) is 0 Å². The molecule has 0 unspecified atom stereocenters. The summed E-state index contributed by atoms with van der Waals surface area (Å²) in [6, 6.07) is 12.8. The molecule has 0 bridgehead atoms. The maximum absolute atomic E-state index is 12.1. The summed E-state index contributed by atoms with van der Waals surface area (Å²) in [4.78, 5) is 14.8. The molecule has 3 aromatic rings. The molecule has 0 saturated carbocycles. The van der Waals surface area contributed by atoms with Crippen LogP contribution in [-0.4, -0.2) is 25.9 Å². The van der Waals surface area contributed by atoms with Crippen molar-refractivity contribution in [3.8, 4) is 5.75 Å². The molecule has 6 nitrogen and oxygen atoms in total. The minimum atomic E-state index is -3.99. The summed E-state index contributed by atoms with van der Waals surface area (Å²) in [5.74, 6) is -0.286. The van der Waals surface area contributed by atoms with Crippen LogP contribution in [0.25, 0.3) is 10.9 Å². The van der Waals surface area contributed by atoms with Crippen LogP contribution >= 0.6 is 11.6 Å². The zero-order chi connectivity index (χ0) is 17.2. The van der Waals surface area contributed by atoms with E-state index in [1.807, 2.05) is 16.9 Å². The number of halogens is 1. The lowest BCUT2D eigenvalue weighted by molar-refractivity contribution is -0.121. The van der Waals surface area contributed by atoms with Crippen molar-refractivity contribution >= 4 is 38.4 Å². The Labute approximate surface area is 143 Å². The highest BCUT2D eigenvalue weighted by Gasteiger charge is 2.18. The number of benzene rings is 2. The Hall–Kier alpha value is -2.51. The monoisotopic (exact) mass is 364 g/mol. The molecule has 1 heterocycles. The van der Waals surface area contributed by atoms with Crippen molar-refractivity contribution in [3.05, 3.63) is 59.8 Å². The lowest BCUT2D eigenvalue weighted by Gasteiger charge is -2.09. The van der Waals surface area contributed by atoms with E-state index in [9.17, 15) is 13.2 Å². The van der Waals surface area contributed by atoms with E-state index < -0.39 is 22.5 Å². The molecule has 0 saturated heterocycles. The van der Waals surface area contributed by atoms with Gasteiger partial charge in [0, 0.05) is 22.1 Å². The molecule has 3 rings (SSSR count). The number of H-pyrrole nitrogens is 1. The van der Waals surface area contributed by atoms with Gasteiger partial charge in [0.1, 0.15) is 5.75 Å². The maximum atomic E-state index is 12.1. The van der Waals surface area contributed by atoms with Gasteiger partial charge in [-0.15, -0.1) is 0 Å². The molecule has 2 aromatic carbocycles. The molecular weight excluding hydrogens is 352 g/mol. The van der Waals surface area contributed by atoms with Gasteiger partial charge in [-0.1, -0.05) is 23.7 Å². The van der Waals surface area contributed by atoms with E-state index in [4.69, 9.17) is 16.3 Å². The Kier molecular flexibility index (Phi) is 4.46. The van der Waals surface area contributed by atoms with Gasteiger partial charge in [0.15, 0.2) is 6.61 Å². The third kappa shape index (κ3) is 3.52. The lowest BCUT2D eigenvalue weighted by Crippen LogP contribution is -2.34. The van der Waals surface area contributed by atoms with Crippen LogP contribution in [0.4, 0.5) is 0 Å². The highest BCUT2D eigenvalue weighted by molar-refractivity contribution is 7.90. The third-order valence-corrected chi connectivity index (χ3v) is 4.87. The molecule has 0 radical (unpaired) electrons. The maximum Gasteiger partial charge on any atom is 0.271 e. The molecule has 8 heteroatoms. The minimum absolute atomic E-state index is 0.0870. The fourth-order valence-electron chi connectivity index (χ4n) is 2.20. The molecule has 0 fully saturated rings. The van der Waals surface area contributed by atoms with Gasteiger partial charge in [-0.3, -0.25) is 4.79 Å². The number of aromatic nitrogens is 1. The largest absolute Gasteiger partial charge is 0.483 e. The van der Waals surface area contributed by atoms with Gasteiger partial charge in [-0.2, -0.15) is 0 Å². The van der Waals surface area contributed by atoms with Crippen LogP contribution in [0.15, 0.2) is 59.6 Å². The number of ether oxygens (including phenoxy) is 1. The number of hydrogen-bond donors (Lipinski definition) is 2. The van der Waals surface area contributed by atoms with Crippen molar-refractivity contribution in [2.75, 3.05) is 6.61 Å². The number of fused-ring (bicyclic) bond motifs is 1. The predicted molar refractivity (Wildman–Crippen MR) is 90.6 cm³/mol. The average molecular weight is 365 g/mol. The van der Waals surface area contributed by atoms with Gasteiger partial charge in [-0.25, -0.2) is 13.1 Å². The Morgan fingerprint density at radius 1 is 1.17 bits per heavy atom. The van der Waals surface area contributed by atoms with Gasteiger partial charge in [0.2, 0.25) is 0 Å². The number of hydrogen-bond acceptors (Lipinski definition) is 4. The molecule has 1 aromatic heterocycles. The van der Waals surface area contributed by atoms with E-state index in [0.717, 1.165) is 10.9 Å². The highest BCUT2D eigenvalue weighted by atomic mass is 35.5. The summed E-state index contributed by atoms with van der Waals surface area (Å²) in [5.41, 5.74) is 0.861. The van der Waals surface area contributed by atoms with E-state index in [1.54, 1.807) is 24.4 Å². The summed E-state index contributed by atoms with van der Waals surface area (Å²) < 4.78 is 31.6. The van der Waals surface area contributed by atoms with E-state index in [1.165, 1.54) is 18.2 Å². The second-order valence-corrected chi connectivity index (χ2v) is 7.09. The minimum Gasteiger partial charge on any atom is -0.483 e. The topological polar surface area (TPSA) is 88.3 Å². The molecule has 0 aliphatic carbocycles. The van der Waals surface area contributed by atoms with Crippen molar-refractivity contribution < 1.29 is 17.9 Å². The second-order valence-electron chi connectivity index (χ2n) is 4.97. The number of nitrogens with one attached hydrogen (secondary N) is 2. The van der Waals surface area contributed by atoms with Crippen LogP contribution in [-0.2, 0) is 14.8 Å². The molecule has 0 spiro atoms. The van der Waals surface area contributed by atoms with Gasteiger partial charge in [0.25, 0.3) is 15.9 Å². The fourth-order valence-corrected chi connectivity index (χ4v) is 3.47. The SMILES string of the molecule is O=C(COc1cccc2[nH]ccc12)NS(=O)(=O)c1cccc(Cl)c1. The van der Waals surface area contributed by atoms with Gasteiger partial charge in [-0.05, 0) is 36.4 Å². The van der Waals surface area contributed by atoms with Crippen molar-refractivity contribution in [2.45, 2.75) is 4.90 Å². The summed E-state index contributed by atoms with van der Waals surface area (Å²) >= 11 is 5.77. The Morgan fingerprint density at radius 2 is 1.96 bits per heavy atom. The first-order valence-electron chi connectivity index (χ1n) is 6.96. The lowest BCUT2D eigenvalue weighted by atomic mass is 10.2. The van der Waals surface area contributed by atoms with Crippen molar-refractivity contribution in [1.29, 1.82) is 0 Å². The molecule has 2 N–H and O–H groups in total.